The Balaban J connectivity index is 2.02. The summed E-state index contributed by atoms with van der Waals surface area (Å²) in [6.07, 6.45) is 2.49. The van der Waals surface area contributed by atoms with Gasteiger partial charge in [0.1, 0.15) is 11.5 Å². The summed E-state index contributed by atoms with van der Waals surface area (Å²) in [4.78, 5) is 27.4. The summed E-state index contributed by atoms with van der Waals surface area (Å²) in [7, 11) is 0. The Morgan fingerprint density at radius 3 is 2.70 bits per heavy atom. The summed E-state index contributed by atoms with van der Waals surface area (Å²) >= 11 is 0. The lowest BCUT2D eigenvalue weighted by atomic mass is 10.0. The quantitative estimate of drug-likeness (QED) is 0.874. The van der Waals surface area contributed by atoms with Gasteiger partial charge in [0.25, 0.3) is 5.91 Å². The fraction of sp³-hybridized carbons (Fsp3) is 0.450. The molecule has 1 fully saturated rings. The number of nitrogens with one attached hydrogen (secondary N) is 1. The number of nitrogens with zero attached hydrogens (tertiary/aromatic N) is 3. The normalized spacial score (nSPS) is 14.9. The van der Waals surface area contributed by atoms with E-state index in [-0.39, 0.29) is 23.3 Å². The largest absolute Gasteiger partial charge is 0.334 e. The summed E-state index contributed by atoms with van der Waals surface area (Å²) in [5.74, 6) is -0.835. The van der Waals surface area contributed by atoms with Gasteiger partial charge in [0.15, 0.2) is 5.69 Å². The first-order chi connectivity index (χ1) is 13.0. The van der Waals surface area contributed by atoms with Gasteiger partial charge in [-0.1, -0.05) is 19.1 Å². The van der Waals surface area contributed by atoms with Crippen molar-refractivity contribution in [2.24, 2.45) is 0 Å². The second-order valence-electron chi connectivity index (χ2n) is 6.84. The van der Waals surface area contributed by atoms with Crippen LogP contribution in [0.1, 0.15) is 42.4 Å². The molecule has 2 heterocycles. The topological polar surface area (TPSA) is 67.2 Å². The fourth-order valence-electron chi connectivity index (χ4n) is 3.51. The predicted molar refractivity (Wildman–Crippen MR) is 102 cm³/mol. The standard InChI is InChI=1S/C20H25FN4O2/c1-3-12-24(15-8-10-22-11-9-15)20(27)19-18(26)13-14(2)25(23-19)17-7-5-4-6-16(17)21/h4-7,13,15,22H,3,8-12H2,1-2H3. The first-order valence-electron chi connectivity index (χ1n) is 9.40. The number of carbonyl (C=O) groups excluding carboxylic acids is 1. The van der Waals surface area contributed by atoms with Gasteiger partial charge in [-0.3, -0.25) is 9.59 Å². The molecule has 0 bridgehead atoms. The molecule has 6 nitrogen and oxygen atoms in total. The fourth-order valence-corrected chi connectivity index (χ4v) is 3.51. The highest BCUT2D eigenvalue weighted by atomic mass is 19.1. The summed E-state index contributed by atoms with van der Waals surface area (Å²) in [6.45, 7) is 5.93. The zero-order chi connectivity index (χ0) is 19.4. The van der Waals surface area contributed by atoms with E-state index in [9.17, 15) is 14.0 Å². The second kappa shape index (κ2) is 8.43. The van der Waals surface area contributed by atoms with E-state index in [0.717, 1.165) is 32.4 Å². The molecule has 1 aromatic heterocycles. The third-order valence-corrected chi connectivity index (χ3v) is 4.87. The van der Waals surface area contributed by atoms with Crippen LogP contribution in [-0.2, 0) is 0 Å². The van der Waals surface area contributed by atoms with Crippen LogP contribution in [0.15, 0.2) is 35.1 Å². The van der Waals surface area contributed by atoms with E-state index < -0.39 is 11.2 Å². The average Bonchev–Trinajstić information content (AvgIpc) is 2.67. The van der Waals surface area contributed by atoms with Crippen LogP contribution < -0.4 is 10.7 Å². The van der Waals surface area contributed by atoms with Gasteiger partial charge in [-0.05, 0) is 51.4 Å². The Bertz CT molecular complexity index is 875. The molecule has 1 amide bonds. The van der Waals surface area contributed by atoms with E-state index in [2.05, 4.69) is 10.4 Å². The third kappa shape index (κ3) is 4.08. The summed E-state index contributed by atoms with van der Waals surface area (Å²) in [5, 5.41) is 7.54. The Labute approximate surface area is 158 Å². The number of hydrogen-bond donors (Lipinski definition) is 1. The lowest BCUT2D eigenvalue weighted by molar-refractivity contribution is 0.0633. The molecule has 27 heavy (non-hydrogen) atoms. The molecule has 1 aliphatic rings. The van der Waals surface area contributed by atoms with E-state index in [1.165, 1.54) is 16.8 Å². The third-order valence-electron chi connectivity index (χ3n) is 4.87. The zero-order valence-electron chi connectivity index (χ0n) is 15.7. The van der Waals surface area contributed by atoms with Gasteiger partial charge in [0.2, 0.25) is 5.43 Å². The number of para-hydroxylation sites is 1. The molecule has 1 aromatic carbocycles. The van der Waals surface area contributed by atoms with Crippen LogP contribution in [0.4, 0.5) is 4.39 Å². The smallest absolute Gasteiger partial charge is 0.278 e. The van der Waals surface area contributed by atoms with Crippen molar-refractivity contribution in [2.45, 2.75) is 39.2 Å². The molecule has 0 aliphatic carbocycles. The maximum absolute atomic E-state index is 14.2. The zero-order valence-corrected chi connectivity index (χ0v) is 15.7. The van der Waals surface area contributed by atoms with E-state index in [0.29, 0.717) is 12.2 Å². The van der Waals surface area contributed by atoms with Crippen molar-refractivity contribution >= 4 is 5.91 Å². The molecule has 3 rings (SSSR count). The molecule has 1 aliphatic heterocycles. The lowest BCUT2D eigenvalue weighted by Gasteiger charge is -2.34. The number of rotatable bonds is 5. The number of aromatic nitrogens is 2. The molecule has 0 saturated carbocycles. The number of halogens is 1. The van der Waals surface area contributed by atoms with Crippen LogP contribution in [0.25, 0.3) is 5.69 Å². The second-order valence-corrected chi connectivity index (χ2v) is 6.84. The predicted octanol–water partition coefficient (Wildman–Crippen LogP) is 2.28. The van der Waals surface area contributed by atoms with Crippen molar-refractivity contribution in [3.8, 4) is 5.69 Å². The Kier molecular flexibility index (Phi) is 6.01. The van der Waals surface area contributed by atoms with Crippen molar-refractivity contribution in [3.63, 3.8) is 0 Å². The van der Waals surface area contributed by atoms with Crippen LogP contribution >= 0.6 is 0 Å². The van der Waals surface area contributed by atoms with E-state index >= 15 is 0 Å². The van der Waals surface area contributed by atoms with E-state index in [1.807, 2.05) is 6.92 Å². The van der Waals surface area contributed by atoms with Crippen molar-refractivity contribution in [2.75, 3.05) is 19.6 Å². The first kappa shape index (κ1) is 19.2. The van der Waals surface area contributed by atoms with Crippen LogP contribution in [0.5, 0.6) is 0 Å². The van der Waals surface area contributed by atoms with Gasteiger partial charge in [0.05, 0.1) is 0 Å². The lowest BCUT2D eigenvalue weighted by Crippen LogP contribution is -2.48. The minimum atomic E-state index is -0.459. The Morgan fingerprint density at radius 1 is 1.33 bits per heavy atom. The number of hydrogen-bond acceptors (Lipinski definition) is 4. The van der Waals surface area contributed by atoms with Gasteiger partial charge in [-0.2, -0.15) is 5.10 Å². The molecular formula is C20H25FN4O2. The molecule has 144 valence electrons. The Hall–Kier alpha value is -2.54. The molecular weight excluding hydrogens is 347 g/mol. The van der Waals surface area contributed by atoms with Crippen molar-refractivity contribution < 1.29 is 9.18 Å². The van der Waals surface area contributed by atoms with Crippen LogP contribution in [-0.4, -0.2) is 46.3 Å². The van der Waals surface area contributed by atoms with Crippen LogP contribution in [0.2, 0.25) is 0 Å². The average molecular weight is 372 g/mol. The van der Waals surface area contributed by atoms with Crippen LogP contribution in [0.3, 0.4) is 0 Å². The molecule has 0 atom stereocenters. The van der Waals surface area contributed by atoms with E-state index in [1.54, 1.807) is 30.0 Å². The number of carbonyl (C=O) groups is 1. The minimum absolute atomic E-state index is 0.0862. The summed E-state index contributed by atoms with van der Waals surface area (Å²) in [5.41, 5.74) is 0.106. The first-order valence-corrected chi connectivity index (χ1v) is 9.40. The van der Waals surface area contributed by atoms with Gasteiger partial charge >= 0.3 is 0 Å². The van der Waals surface area contributed by atoms with Crippen molar-refractivity contribution in [1.29, 1.82) is 0 Å². The molecule has 2 aromatic rings. The maximum atomic E-state index is 14.2. The van der Waals surface area contributed by atoms with Gasteiger partial charge in [0, 0.05) is 24.3 Å². The number of piperidine rings is 1. The SMILES string of the molecule is CCCN(C(=O)c1nn(-c2ccccc2F)c(C)cc1=O)C1CCNCC1. The van der Waals surface area contributed by atoms with Crippen LogP contribution in [0, 0.1) is 12.7 Å². The molecule has 0 unspecified atom stereocenters. The molecule has 0 spiro atoms. The minimum Gasteiger partial charge on any atom is -0.334 e. The summed E-state index contributed by atoms with van der Waals surface area (Å²) < 4.78 is 15.5. The number of amides is 1. The Morgan fingerprint density at radius 2 is 2.04 bits per heavy atom. The van der Waals surface area contributed by atoms with Crippen molar-refractivity contribution in [3.05, 3.63) is 57.8 Å². The van der Waals surface area contributed by atoms with E-state index in [4.69, 9.17) is 0 Å². The number of aryl methyl sites for hydroxylation is 1. The van der Waals surface area contributed by atoms with Gasteiger partial charge in [-0.25, -0.2) is 9.07 Å². The summed E-state index contributed by atoms with van der Waals surface area (Å²) in [6, 6.07) is 7.61. The molecule has 0 radical (unpaired) electrons. The number of benzene rings is 1. The van der Waals surface area contributed by atoms with Crippen molar-refractivity contribution in [1.82, 2.24) is 20.0 Å². The maximum Gasteiger partial charge on any atom is 0.278 e. The molecule has 1 N–H and O–H groups in total. The molecule has 1 saturated heterocycles. The molecule has 7 heteroatoms. The van der Waals surface area contributed by atoms with Gasteiger partial charge in [-0.15, -0.1) is 0 Å². The highest BCUT2D eigenvalue weighted by molar-refractivity contribution is 5.92. The van der Waals surface area contributed by atoms with Gasteiger partial charge < -0.3 is 10.2 Å². The highest BCUT2D eigenvalue weighted by Gasteiger charge is 2.28. The highest BCUT2D eigenvalue weighted by Crippen LogP contribution is 2.17. The monoisotopic (exact) mass is 372 g/mol.